The Bertz CT molecular complexity index is 841. The number of para-hydroxylation sites is 1. The van der Waals surface area contributed by atoms with Gasteiger partial charge in [0.2, 0.25) is 5.71 Å². The topological polar surface area (TPSA) is 90.9 Å². The molecule has 18 heavy (non-hydrogen) atoms. The second-order valence-corrected chi connectivity index (χ2v) is 3.90. The minimum atomic E-state index is -1.03. The van der Waals surface area contributed by atoms with E-state index in [9.17, 15) is 9.59 Å². The van der Waals surface area contributed by atoms with Crippen molar-refractivity contribution in [3.63, 3.8) is 0 Å². The van der Waals surface area contributed by atoms with Crippen molar-refractivity contribution in [2.75, 3.05) is 6.54 Å². The predicted molar refractivity (Wildman–Crippen MR) is 64.7 cm³/mol. The Kier molecular flexibility index (Phi) is 2.31. The van der Waals surface area contributed by atoms with E-state index in [2.05, 4.69) is 0 Å². The van der Waals surface area contributed by atoms with E-state index in [4.69, 9.17) is 14.7 Å². The van der Waals surface area contributed by atoms with E-state index < -0.39 is 11.3 Å². The third-order valence-electron chi connectivity index (χ3n) is 2.82. The van der Waals surface area contributed by atoms with Crippen LogP contribution in [0, 0.1) is 0 Å². The van der Waals surface area contributed by atoms with E-state index >= 15 is 0 Å². The van der Waals surface area contributed by atoms with Crippen LogP contribution in [0.25, 0.3) is 16.6 Å². The molecule has 6 nitrogen and oxygen atoms in total. The zero-order valence-corrected chi connectivity index (χ0v) is 9.38. The minimum absolute atomic E-state index is 0.242. The molecule has 92 valence electrons. The fourth-order valence-electron chi connectivity index (χ4n) is 2.08. The maximum absolute atomic E-state index is 11.2. The molecule has 0 aliphatic rings. The van der Waals surface area contributed by atoms with E-state index in [1.165, 1.54) is 4.57 Å². The van der Waals surface area contributed by atoms with Gasteiger partial charge < -0.3 is 14.7 Å². The van der Waals surface area contributed by atoms with Gasteiger partial charge in [-0.15, -0.1) is 4.57 Å². The molecular weight excluding hydrogens is 236 g/mol. The van der Waals surface area contributed by atoms with Crippen molar-refractivity contribution in [1.29, 1.82) is 0 Å². The van der Waals surface area contributed by atoms with Gasteiger partial charge in [0.1, 0.15) is 0 Å². The lowest BCUT2D eigenvalue weighted by Crippen LogP contribution is -2.23. The van der Waals surface area contributed by atoms with Crippen LogP contribution in [0.15, 0.2) is 42.8 Å². The first kappa shape index (κ1) is 10.8. The second-order valence-electron chi connectivity index (χ2n) is 3.90. The van der Waals surface area contributed by atoms with Gasteiger partial charge >= 0.3 is 11.3 Å². The molecule has 0 aliphatic carbocycles. The summed E-state index contributed by atoms with van der Waals surface area (Å²) in [5, 5.41) is 0.862. The van der Waals surface area contributed by atoms with Crippen molar-refractivity contribution in [3.8, 4) is 0 Å². The van der Waals surface area contributed by atoms with E-state index in [0.29, 0.717) is 18.5 Å². The van der Waals surface area contributed by atoms with E-state index in [1.807, 2.05) is 18.2 Å². The number of hydrogen-bond acceptors (Lipinski definition) is 5. The fraction of sp³-hybridized carbons (Fsp3) is 0.167. The molecular formula is C12H10N2O4. The molecule has 0 unspecified atom stereocenters. The van der Waals surface area contributed by atoms with Gasteiger partial charge in [-0.3, -0.25) is 0 Å². The standard InChI is InChI=1S/C12H10N2O4/c13-6-5-8-7-3-1-2-4-9(7)14-10(8)17-11(15)12(16)18-14/h1-4H,5-6,13H2. The lowest BCUT2D eigenvalue weighted by atomic mass is 10.1. The summed E-state index contributed by atoms with van der Waals surface area (Å²) in [6.45, 7) is 0.409. The van der Waals surface area contributed by atoms with Gasteiger partial charge in [0.15, 0.2) is 0 Å². The summed E-state index contributed by atoms with van der Waals surface area (Å²) in [7, 11) is 0. The third-order valence-corrected chi connectivity index (χ3v) is 2.82. The summed E-state index contributed by atoms with van der Waals surface area (Å²) in [6, 6.07) is 7.32. The average molecular weight is 246 g/mol. The Hall–Kier alpha value is -2.34. The summed E-state index contributed by atoms with van der Waals surface area (Å²) < 4.78 is 11.2. The zero-order chi connectivity index (χ0) is 12.7. The molecule has 0 atom stereocenters. The van der Waals surface area contributed by atoms with Crippen LogP contribution in [0.3, 0.4) is 0 Å². The molecule has 6 heteroatoms. The molecule has 0 saturated carbocycles. The number of nitrogens with two attached hydrogens (primary N) is 1. The van der Waals surface area contributed by atoms with Crippen LogP contribution in [0.2, 0.25) is 0 Å². The van der Waals surface area contributed by atoms with Crippen LogP contribution < -0.4 is 17.0 Å². The lowest BCUT2D eigenvalue weighted by Gasteiger charge is -1.94. The van der Waals surface area contributed by atoms with Gasteiger partial charge in [0.25, 0.3) is 0 Å². The van der Waals surface area contributed by atoms with Crippen LogP contribution in [0.5, 0.6) is 0 Å². The molecule has 0 aliphatic heterocycles. The molecule has 2 heterocycles. The first-order valence-electron chi connectivity index (χ1n) is 5.49. The number of hydrogen-bond donors (Lipinski definition) is 1. The number of rotatable bonds is 2. The largest absolute Gasteiger partial charge is 0.442 e. The molecule has 0 saturated heterocycles. The molecule has 0 fully saturated rings. The van der Waals surface area contributed by atoms with Gasteiger partial charge in [0.05, 0.1) is 5.52 Å². The van der Waals surface area contributed by atoms with Crippen LogP contribution >= 0.6 is 0 Å². The van der Waals surface area contributed by atoms with Crippen molar-refractivity contribution < 1.29 is 8.94 Å². The molecule has 2 aromatic heterocycles. The van der Waals surface area contributed by atoms with E-state index in [1.54, 1.807) is 6.07 Å². The van der Waals surface area contributed by atoms with Crippen molar-refractivity contribution in [3.05, 3.63) is 50.7 Å². The quantitative estimate of drug-likeness (QED) is 0.665. The van der Waals surface area contributed by atoms with Gasteiger partial charge in [-0.2, -0.15) is 0 Å². The molecule has 0 radical (unpaired) electrons. The monoisotopic (exact) mass is 246 g/mol. The fourth-order valence-corrected chi connectivity index (χ4v) is 2.08. The highest BCUT2D eigenvalue weighted by Gasteiger charge is 2.16. The van der Waals surface area contributed by atoms with Crippen LogP contribution in [-0.2, 0) is 6.42 Å². The maximum atomic E-state index is 11.2. The first-order chi connectivity index (χ1) is 8.72. The molecule has 1 aromatic carbocycles. The molecule has 0 spiro atoms. The molecule has 0 amide bonds. The lowest BCUT2D eigenvalue weighted by molar-refractivity contribution is 0.286. The van der Waals surface area contributed by atoms with Crippen LogP contribution in [0.4, 0.5) is 0 Å². The highest BCUT2D eigenvalue weighted by Crippen LogP contribution is 2.25. The summed E-state index contributed by atoms with van der Waals surface area (Å²) in [4.78, 5) is 22.5. The van der Waals surface area contributed by atoms with Crippen LogP contribution in [0.1, 0.15) is 5.56 Å². The first-order valence-corrected chi connectivity index (χ1v) is 5.49. The van der Waals surface area contributed by atoms with E-state index in [0.717, 1.165) is 10.9 Å². The smallest absolute Gasteiger partial charge is 0.397 e. The highest BCUT2D eigenvalue weighted by atomic mass is 16.5. The normalized spacial score (nSPS) is 11.4. The van der Waals surface area contributed by atoms with Gasteiger partial charge in [-0.1, -0.05) is 18.2 Å². The average Bonchev–Trinajstić information content (AvgIpc) is 2.66. The molecule has 0 bridgehead atoms. The molecule has 3 rings (SSSR count). The van der Waals surface area contributed by atoms with Crippen molar-refractivity contribution in [1.82, 2.24) is 4.57 Å². The van der Waals surface area contributed by atoms with Gasteiger partial charge in [-0.25, -0.2) is 9.59 Å². The third kappa shape index (κ3) is 1.39. The summed E-state index contributed by atoms with van der Waals surface area (Å²) >= 11 is 0. The minimum Gasteiger partial charge on any atom is -0.397 e. The maximum Gasteiger partial charge on any atom is 0.442 e. The Morgan fingerprint density at radius 3 is 2.72 bits per heavy atom. The second kappa shape index (κ2) is 3.85. The Morgan fingerprint density at radius 2 is 1.94 bits per heavy atom. The van der Waals surface area contributed by atoms with Crippen LogP contribution in [-0.4, -0.2) is 11.1 Å². The molecule has 2 N–H and O–H groups in total. The summed E-state index contributed by atoms with van der Waals surface area (Å²) in [6.07, 6.45) is 0.535. The Morgan fingerprint density at radius 1 is 1.17 bits per heavy atom. The molecule has 3 aromatic rings. The summed E-state index contributed by atoms with van der Waals surface area (Å²) in [5.74, 6) is 0. The predicted octanol–water partition coefficient (Wildman–Crippen LogP) is 0.500. The number of benzene rings is 1. The number of nitrogens with zero attached hydrogens (tertiary/aromatic N) is 1. The number of fused-ring (bicyclic) bond motifs is 3. The van der Waals surface area contributed by atoms with Crippen molar-refractivity contribution >= 4 is 16.6 Å². The SMILES string of the molecule is NCCc1c2ccccc2n2oc(=O)c(=O)oc12. The van der Waals surface area contributed by atoms with Crippen molar-refractivity contribution in [2.24, 2.45) is 5.73 Å². The Labute approximate surface area is 100 Å². The van der Waals surface area contributed by atoms with Crippen molar-refractivity contribution in [2.45, 2.75) is 6.42 Å². The summed E-state index contributed by atoms with van der Waals surface area (Å²) in [5.41, 5.74) is 5.20. The highest BCUT2D eigenvalue weighted by molar-refractivity contribution is 5.89. The van der Waals surface area contributed by atoms with Gasteiger partial charge in [0, 0.05) is 10.9 Å². The van der Waals surface area contributed by atoms with E-state index in [-0.39, 0.29) is 5.71 Å². The zero-order valence-electron chi connectivity index (χ0n) is 9.38. The Balaban J connectivity index is 2.58. The number of aromatic nitrogens is 1. The van der Waals surface area contributed by atoms with Gasteiger partial charge in [-0.05, 0) is 19.0 Å².